The lowest BCUT2D eigenvalue weighted by molar-refractivity contribution is 0.382. The van der Waals surface area contributed by atoms with Crippen molar-refractivity contribution in [2.45, 2.75) is 25.8 Å². The fraction of sp³-hybridized carbons (Fsp3) is 0.353. The Balaban J connectivity index is 2.23. The Morgan fingerprint density at radius 2 is 2.10 bits per heavy atom. The maximum absolute atomic E-state index is 14.3. The van der Waals surface area contributed by atoms with Crippen molar-refractivity contribution < 1.29 is 9.13 Å². The number of ether oxygens (including phenoxy) is 1. The number of pyridine rings is 1. The first-order valence-electron chi connectivity index (χ1n) is 7.22. The molecule has 0 spiro atoms. The number of nitrogens with zero attached hydrogens (tertiary/aromatic N) is 1. The zero-order valence-electron chi connectivity index (χ0n) is 12.5. The van der Waals surface area contributed by atoms with Crippen LogP contribution < -0.4 is 10.1 Å². The minimum atomic E-state index is -0.292. The first-order valence-corrected chi connectivity index (χ1v) is 7.22. The van der Waals surface area contributed by atoms with Crippen LogP contribution in [0.5, 0.6) is 5.75 Å². The van der Waals surface area contributed by atoms with Crippen molar-refractivity contribution >= 4 is 0 Å². The molecule has 0 radical (unpaired) electrons. The summed E-state index contributed by atoms with van der Waals surface area (Å²) in [7, 11) is 1.48. The standard InChI is InChI=1S/C17H21FN2O/c1-3-10-19-15(14-8-4-5-11-20-14)12-13-7-6-9-16(21-2)17(13)18/h4-9,11,15,19H,3,10,12H2,1-2H3. The largest absolute Gasteiger partial charge is 0.494 e. The van der Waals surface area contributed by atoms with Crippen LogP contribution in [0.15, 0.2) is 42.6 Å². The molecule has 2 aromatic rings. The second-order valence-electron chi connectivity index (χ2n) is 4.90. The lowest BCUT2D eigenvalue weighted by atomic mass is 10.0. The summed E-state index contributed by atoms with van der Waals surface area (Å²) in [6.45, 7) is 2.97. The van der Waals surface area contributed by atoms with E-state index in [2.05, 4.69) is 17.2 Å². The van der Waals surface area contributed by atoms with Gasteiger partial charge in [0.1, 0.15) is 0 Å². The number of hydrogen-bond donors (Lipinski definition) is 1. The molecule has 0 bridgehead atoms. The predicted molar refractivity (Wildman–Crippen MR) is 81.9 cm³/mol. The lowest BCUT2D eigenvalue weighted by Gasteiger charge is -2.19. The van der Waals surface area contributed by atoms with Gasteiger partial charge in [-0.25, -0.2) is 4.39 Å². The van der Waals surface area contributed by atoms with Crippen LogP contribution in [-0.4, -0.2) is 18.6 Å². The molecule has 112 valence electrons. The average Bonchev–Trinajstić information content (AvgIpc) is 2.53. The summed E-state index contributed by atoms with van der Waals surface area (Å²) in [4.78, 5) is 4.38. The molecule has 0 fully saturated rings. The van der Waals surface area contributed by atoms with Crippen molar-refractivity contribution in [1.82, 2.24) is 10.3 Å². The van der Waals surface area contributed by atoms with Gasteiger partial charge < -0.3 is 10.1 Å². The molecule has 0 aliphatic rings. The van der Waals surface area contributed by atoms with Gasteiger partial charge in [0.2, 0.25) is 0 Å². The van der Waals surface area contributed by atoms with Gasteiger partial charge in [0.05, 0.1) is 18.8 Å². The van der Waals surface area contributed by atoms with Crippen LogP contribution in [0, 0.1) is 5.82 Å². The van der Waals surface area contributed by atoms with Crippen molar-refractivity contribution in [2.24, 2.45) is 0 Å². The number of benzene rings is 1. The van der Waals surface area contributed by atoms with Crippen molar-refractivity contribution in [2.75, 3.05) is 13.7 Å². The maximum atomic E-state index is 14.3. The number of methoxy groups -OCH3 is 1. The maximum Gasteiger partial charge on any atom is 0.168 e. The van der Waals surface area contributed by atoms with Gasteiger partial charge in [-0.05, 0) is 43.1 Å². The van der Waals surface area contributed by atoms with E-state index in [1.165, 1.54) is 7.11 Å². The van der Waals surface area contributed by atoms with E-state index in [0.717, 1.165) is 18.7 Å². The van der Waals surface area contributed by atoms with Crippen molar-refractivity contribution in [3.63, 3.8) is 0 Å². The van der Waals surface area contributed by atoms with E-state index in [1.807, 2.05) is 24.3 Å². The Morgan fingerprint density at radius 1 is 1.24 bits per heavy atom. The molecule has 0 saturated carbocycles. The molecule has 0 aliphatic carbocycles. The zero-order chi connectivity index (χ0) is 15.1. The minimum Gasteiger partial charge on any atom is -0.494 e. The van der Waals surface area contributed by atoms with Gasteiger partial charge in [0, 0.05) is 6.20 Å². The van der Waals surface area contributed by atoms with Gasteiger partial charge in [0.15, 0.2) is 11.6 Å². The van der Waals surface area contributed by atoms with E-state index in [4.69, 9.17) is 4.74 Å². The Kier molecular flexibility index (Phi) is 5.69. The summed E-state index contributed by atoms with van der Waals surface area (Å²) in [5, 5.41) is 3.43. The third kappa shape index (κ3) is 4.02. The molecule has 0 amide bonds. The van der Waals surface area contributed by atoms with E-state index in [0.29, 0.717) is 12.0 Å². The molecule has 4 heteroatoms. The number of nitrogens with one attached hydrogen (secondary N) is 1. The first kappa shape index (κ1) is 15.4. The van der Waals surface area contributed by atoms with Crippen molar-refractivity contribution in [3.05, 3.63) is 59.7 Å². The summed E-state index contributed by atoms with van der Waals surface area (Å²) in [5.74, 6) is -0.0120. The van der Waals surface area contributed by atoms with Crippen molar-refractivity contribution in [1.29, 1.82) is 0 Å². The Labute approximate surface area is 125 Å². The minimum absolute atomic E-state index is 0.00671. The van der Waals surface area contributed by atoms with Crippen molar-refractivity contribution in [3.8, 4) is 5.75 Å². The Hall–Kier alpha value is -1.94. The molecule has 1 aromatic carbocycles. The molecule has 1 aromatic heterocycles. The van der Waals surface area contributed by atoms with E-state index in [-0.39, 0.29) is 17.6 Å². The van der Waals surface area contributed by atoms with Gasteiger partial charge in [0.25, 0.3) is 0 Å². The highest BCUT2D eigenvalue weighted by atomic mass is 19.1. The third-order valence-electron chi connectivity index (χ3n) is 3.37. The molecular formula is C17H21FN2O. The van der Waals surface area contributed by atoms with Gasteiger partial charge in [-0.15, -0.1) is 0 Å². The van der Waals surface area contributed by atoms with Crippen LogP contribution >= 0.6 is 0 Å². The fourth-order valence-electron chi connectivity index (χ4n) is 2.27. The molecule has 1 unspecified atom stereocenters. The normalized spacial score (nSPS) is 12.1. The summed E-state index contributed by atoms with van der Waals surface area (Å²) in [6.07, 6.45) is 3.32. The third-order valence-corrected chi connectivity index (χ3v) is 3.37. The number of rotatable bonds is 7. The molecule has 1 atom stereocenters. The van der Waals surface area contributed by atoms with E-state index in [1.54, 1.807) is 18.3 Å². The zero-order valence-corrected chi connectivity index (χ0v) is 12.5. The molecular weight excluding hydrogens is 267 g/mol. The molecule has 3 nitrogen and oxygen atoms in total. The van der Waals surface area contributed by atoms with Crippen LogP contribution in [-0.2, 0) is 6.42 Å². The quantitative estimate of drug-likeness (QED) is 0.846. The second-order valence-corrected chi connectivity index (χ2v) is 4.90. The fourth-order valence-corrected chi connectivity index (χ4v) is 2.27. The monoisotopic (exact) mass is 288 g/mol. The molecule has 1 N–H and O–H groups in total. The average molecular weight is 288 g/mol. The predicted octanol–water partition coefficient (Wildman–Crippen LogP) is 3.51. The SMILES string of the molecule is CCCNC(Cc1cccc(OC)c1F)c1ccccn1. The van der Waals surface area contributed by atoms with Crippen LogP contribution in [0.3, 0.4) is 0 Å². The van der Waals surface area contributed by atoms with Crippen LogP contribution in [0.4, 0.5) is 4.39 Å². The molecule has 0 saturated heterocycles. The highest BCUT2D eigenvalue weighted by molar-refractivity contribution is 5.32. The molecule has 2 rings (SSSR count). The Morgan fingerprint density at radius 3 is 2.76 bits per heavy atom. The van der Waals surface area contributed by atoms with Crippen LogP contribution in [0.25, 0.3) is 0 Å². The van der Waals surface area contributed by atoms with Crippen LogP contribution in [0.1, 0.15) is 30.6 Å². The van der Waals surface area contributed by atoms with E-state index >= 15 is 0 Å². The van der Waals surface area contributed by atoms with E-state index in [9.17, 15) is 4.39 Å². The van der Waals surface area contributed by atoms with Gasteiger partial charge in [-0.2, -0.15) is 0 Å². The molecule has 0 aliphatic heterocycles. The van der Waals surface area contributed by atoms with Gasteiger partial charge >= 0.3 is 0 Å². The summed E-state index contributed by atoms with van der Waals surface area (Å²) in [6, 6.07) is 11.0. The summed E-state index contributed by atoms with van der Waals surface area (Å²) in [5.41, 5.74) is 1.56. The lowest BCUT2D eigenvalue weighted by Crippen LogP contribution is -2.25. The summed E-state index contributed by atoms with van der Waals surface area (Å²) < 4.78 is 19.3. The molecule has 21 heavy (non-hydrogen) atoms. The first-order chi connectivity index (χ1) is 10.3. The van der Waals surface area contributed by atoms with Crippen LogP contribution in [0.2, 0.25) is 0 Å². The number of aromatic nitrogens is 1. The van der Waals surface area contributed by atoms with Gasteiger partial charge in [-0.3, -0.25) is 4.98 Å². The number of hydrogen-bond acceptors (Lipinski definition) is 3. The number of halogens is 1. The second kappa shape index (κ2) is 7.74. The Bertz CT molecular complexity index is 560. The highest BCUT2D eigenvalue weighted by Gasteiger charge is 2.16. The summed E-state index contributed by atoms with van der Waals surface area (Å²) >= 11 is 0. The highest BCUT2D eigenvalue weighted by Crippen LogP contribution is 2.24. The molecule has 1 heterocycles. The van der Waals surface area contributed by atoms with Gasteiger partial charge in [-0.1, -0.05) is 25.1 Å². The van der Waals surface area contributed by atoms with E-state index < -0.39 is 0 Å². The smallest absolute Gasteiger partial charge is 0.168 e. The topological polar surface area (TPSA) is 34.1 Å².